The normalized spacial score (nSPS) is 21.8. The predicted molar refractivity (Wildman–Crippen MR) is 102 cm³/mol. The number of amides is 1. The quantitative estimate of drug-likeness (QED) is 0.740. The van der Waals surface area contributed by atoms with Crippen LogP contribution in [0.5, 0.6) is 0 Å². The number of ether oxygens (including phenoxy) is 1. The number of nitrogens with one attached hydrogen (secondary N) is 2. The zero-order valence-corrected chi connectivity index (χ0v) is 15.6. The van der Waals surface area contributed by atoms with E-state index in [-0.39, 0.29) is 24.4 Å². The molecule has 1 saturated heterocycles. The second-order valence-corrected chi connectivity index (χ2v) is 7.33. The lowest BCUT2D eigenvalue weighted by Crippen LogP contribution is -2.49. The molecule has 7 heteroatoms. The van der Waals surface area contributed by atoms with Gasteiger partial charge in [0.25, 0.3) is 5.91 Å². The monoisotopic (exact) mass is 385 g/mol. The summed E-state index contributed by atoms with van der Waals surface area (Å²) in [4.78, 5) is 17.4. The molecule has 3 heterocycles. The molecule has 0 saturated carbocycles. The molecular formula is C21H24FN3O3. The van der Waals surface area contributed by atoms with Crippen molar-refractivity contribution in [3.8, 4) is 0 Å². The highest BCUT2D eigenvalue weighted by atomic mass is 19.1. The zero-order chi connectivity index (χ0) is 19.5. The van der Waals surface area contributed by atoms with Crippen molar-refractivity contribution < 1.29 is 19.0 Å². The SMILES string of the molecule is O=C(NC1CCOCC1O)c1cc(Cc2ccc(F)cc2)c2c(n1)CNCC2. The molecule has 3 N–H and O–H groups in total. The van der Waals surface area contributed by atoms with Crippen LogP contribution in [0.3, 0.4) is 0 Å². The van der Waals surface area contributed by atoms with Gasteiger partial charge in [-0.2, -0.15) is 0 Å². The Kier molecular flexibility index (Phi) is 5.66. The number of rotatable bonds is 4. The second-order valence-electron chi connectivity index (χ2n) is 7.33. The molecule has 0 bridgehead atoms. The summed E-state index contributed by atoms with van der Waals surface area (Å²) in [5.41, 5.74) is 4.41. The Hall–Kier alpha value is -2.35. The van der Waals surface area contributed by atoms with E-state index in [0.29, 0.717) is 31.7 Å². The maximum absolute atomic E-state index is 13.2. The number of benzene rings is 1. The van der Waals surface area contributed by atoms with E-state index in [9.17, 15) is 14.3 Å². The van der Waals surface area contributed by atoms with Crippen molar-refractivity contribution in [1.29, 1.82) is 0 Å². The maximum atomic E-state index is 13.2. The van der Waals surface area contributed by atoms with Gasteiger partial charge < -0.3 is 20.5 Å². The number of hydrogen-bond acceptors (Lipinski definition) is 5. The van der Waals surface area contributed by atoms with E-state index in [1.807, 2.05) is 6.07 Å². The number of nitrogens with zero attached hydrogens (tertiary/aromatic N) is 1. The average molecular weight is 385 g/mol. The molecule has 1 aromatic heterocycles. The van der Waals surface area contributed by atoms with Crippen molar-refractivity contribution in [2.45, 2.75) is 38.0 Å². The Labute approximate surface area is 163 Å². The van der Waals surface area contributed by atoms with Crippen molar-refractivity contribution in [3.05, 3.63) is 64.2 Å². The third-order valence-corrected chi connectivity index (χ3v) is 5.33. The Morgan fingerprint density at radius 3 is 2.96 bits per heavy atom. The Balaban J connectivity index is 1.60. The van der Waals surface area contributed by atoms with Crippen LogP contribution in [0, 0.1) is 5.82 Å². The topological polar surface area (TPSA) is 83.5 Å². The first-order chi connectivity index (χ1) is 13.6. The van der Waals surface area contributed by atoms with E-state index >= 15 is 0 Å². The van der Waals surface area contributed by atoms with Crippen molar-refractivity contribution in [2.75, 3.05) is 19.8 Å². The van der Waals surface area contributed by atoms with Crippen LogP contribution in [0.1, 0.15) is 39.3 Å². The summed E-state index contributed by atoms with van der Waals surface area (Å²) in [5.74, 6) is -0.556. The number of aliphatic hydroxyl groups is 1. The minimum atomic E-state index is -0.712. The molecule has 0 radical (unpaired) electrons. The zero-order valence-electron chi connectivity index (χ0n) is 15.6. The van der Waals surface area contributed by atoms with E-state index in [1.54, 1.807) is 12.1 Å². The molecule has 2 aromatic rings. The van der Waals surface area contributed by atoms with E-state index in [4.69, 9.17) is 4.74 Å². The molecule has 148 valence electrons. The van der Waals surface area contributed by atoms with Crippen LogP contribution < -0.4 is 10.6 Å². The van der Waals surface area contributed by atoms with Gasteiger partial charge in [0.05, 0.1) is 24.4 Å². The molecule has 1 amide bonds. The van der Waals surface area contributed by atoms with Gasteiger partial charge in [-0.3, -0.25) is 4.79 Å². The first-order valence-electron chi connectivity index (χ1n) is 9.63. The lowest BCUT2D eigenvalue weighted by molar-refractivity contribution is -0.0261. The molecule has 4 rings (SSSR count). The van der Waals surface area contributed by atoms with Gasteiger partial charge in [-0.15, -0.1) is 0 Å². The van der Waals surface area contributed by atoms with Crippen LogP contribution in [-0.4, -0.2) is 47.9 Å². The molecule has 28 heavy (non-hydrogen) atoms. The number of aromatic nitrogens is 1. The summed E-state index contributed by atoms with van der Waals surface area (Å²) in [6, 6.07) is 7.92. The number of pyridine rings is 1. The van der Waals surface area contributed by atoms with Gasteiger partial charge in [0.1, 0.15) is 11.5 Å². The Bertz CT molecular complexity index is 857. The van der Waals surface area contributed by atoms with Crippen LogP contribution in [0.25, 0.3) is 0 Å². The number of halogens is 1. The second kappa shape index (κ2) is 8.34. The molecule has 2 aliphatic heterocycles. The summed E-state index contributed by atoms with van der Waals surface area (Å²) >= 11 is 0. The van der Waals surface area contributed by atoms with Gasteiger partial charge in [-0.1, -0.05) is 12.1 Å². The first-order valence-corrected chi connectivity index (χ1v) is 9.63. The smallest absolute Gasteiger partial charge is 0.270 e. The van der Waals surface area contributed by atoms with Crippen molar-refractivity contribution >= 4 is 5.91 Å². The van der Waals surface area contributed by atoms with Crippen molar-refractivity contribution in [2.24, 2.45) is 0 Å². The van der Waals surface area contributed by atoms with Crippen molar-refractivity contribution in [1.82, 2.24) is 15.6 Å². The summed E-state index contributed by atoms with van der Waals surface area (Å²) < 4.78 is 18.4. The highest BCUT2D eigenvalue weighted by Gasteiger charge is 2.27. The largest absolute Gasteiger partial charge is 0.389 e. The van der Waals surface area contributed by atoms with Gasteiger partial charge >= 0.3 is 0 Å². The third kappa shape index (κ3) is 4.22. The van der Waals surface area contributed by atoms with Gasteiger partial charge in [0.2, 0.25) is 0 Å². The van der Waals surface area contributed by atoms with E-state index in [1.165, 1.54) is 12.1 Å². The minimum absolute atomic E-state index is 0.225. The number of fused-ring (bicyclic) bond motifs is 1. The molecule has 2 atom stereocenters. The minimum Gasteiger partial charge on any atom is -0.389 e. The predicted octanol–water partition coefficient (Wildman–Crippen LogP) is 1.34. The van der Waals surface area contributed by atoms with Crippen LogP contribution >= 0.6 is 0 Å². The summed E-state index contributed by atoms with van der Waals surface area (Å²) in [6.07, 6.45) is 1.32. The van der Waals surface area contributed by atoms with E-state index in [0.717, 1.165) is 35.3 Å². The average Bonchev–Trinajstić information content (AvgIpc) is 2.71. The summed E-state index contributed by atoms with van der Waals surface area (Å²) in [6.45, 7) is 2.22. The standard InChI is InChI=1S/C21H24FN3O3/c22-15-3-1-13(2-4-15)9-14-10-18(24-19-11-23-7-5-16(14)19)21(27)25-17-6-8-28-12-20(17)26/h1-4,10,17,20,23,26H,5-9,11-12H2,(H,25,27). The Morgan fingerprint density at radius 1 is 1.36 bits per heavy atom. The molecule has 1 fully saturated rings. The fraction of sp³-hybridized carbons (Fsp3) is 0.429. The molecule has 2 aliphatic rings. The van der Waals surface area contributed by atoms with Gasteiger partial charge in [0, 0.05) is 13.2 Å². The number of aliphatic hydroxyl groups excluding tert-OH is 1. The molecule has 1 aromatic carbocycles. The highest BCUT2D eigenvalue weighted by molar-refractivity contribution is 5.93. The van der Waals surface area contributed by atoms with Crippen LogP contribution in [-0.2, 0) is 24.1 Å². The Morgan fingerprint density at radius 2 is 2.18 bits per heavy atom. The van der Waals surface area contributed by atoms with Crippen LogP contribution in [0.2, 0.25) is 0 Å². The van der Waals surface area contributed by atoms with Crippen molar-refractivity contribution in [3.63, 3.8) is 0 Å². The lowest BCUT2D eigenvalue weighted by Gasteiger charge is -2.28. The summed E-state index contributed by atoms with van der Waals surface area (Å²) in [5, 5.41) is 16.2. The fourth-order valence-electron chi connectivity index (χ4n) is 3.78. The van der Waals surface area contributed by atoms with Gasteiger partial charge in [-0.25, -0.2) is 9.37 Å². The molecule has 0 aliphatic carbocycles. The lowest BCUT2D eigenvalue weighted by atomic mass is 9.94. The molecule has 6 nitrogen and oxygen atoms in total. The third-order valence-electron chi connectivity index (χ3n) is 5.33. The number of hydrogen-bond donors (Lipinski definition) is 3. The molecule has 0 spiro atoms. The van der Waals surface area contributed by atoms with Gasteiger partial charge in [-0.05, 0) is 60.7 Å². The molecular weight excluding hydrogens is 361 g/mol. The van der Waals surface area contributed by atoms with Crippen LogP contribution in [0.4, 0.5) is 4.39 Å². The molecule has 2 unspecified atom stereocenters. The van der Waals surface area contributed by atoms with E-state index in [2.05, 4.69) is 15.6 Å². The fourth-order valence-corrected chi connectivity index (χ4v) is 3.78. The van der Waals surface area contributed by atoms with E-state index < -0.39 is 6.10 Å². The summed E-state index contributed by atoms with van der Waals surface area (Å²) in [7, 11) is 0. The maximum Gasteiger partial charge on any atom is 0.270 e. The number of carbonyl (C=O) groups is 1. The highest BCUT2D eigenvalue weighted by Crippen LogP contribution is 2.22. The van der Waals surface area contributed by atoms with Gasteiger partial charge in [0.15, 0.2) is 0 Å². The van der Waals surface area contributed by atoms with Crippen LogP contribution in [0.15, 0.2) is 30.3 Å². The first kappa shape index (κ1) is 19.0. The number of carbonyl (C=O) groups excluding carboxylic acids is 1.